The number of furan rings is 1. The number of fused-ring (bicyclic) bond motifs is 3. The van der Waals surface area contributed by atoms with Crippen molar-refractivity contribution in [2.24, 2.45) is 0 Å². The van der Waals surface area contributed by atoms with Crippen LogP contribution in [0.3, 0.4) is 0 Å². The lowest BCUT2D eigenvalue weighted by Crippen LogP contribution is -1.85. The van der Waals surface area contributed by atoms with Crippen LogP contribution in [0.5, 0.6) is 0 Å². The highest BCUT2D eigenvalue weighted by Gasteiger charge is 2.11. The molecular weight excluding hydrogens is 504 g/mol. The number of pyridine rings is 2. The first kappa shape index (κ1) is 24.0. The molecule has 0 radical (unpaired) electrons. The van der Waals surface area contributed by atoms with Gasteiger partial charge in [-0.2, -0.15) is 5.26 Å². The van der Waals surface area contributed by atoms with E-state index in [4.69, 9.17) is 11.0 Å². The molecule has 7 rings (SSSR count). The molecule has 190 valence electrons. The van der Waals surface area contributed by atoms with Crippen LogP contribution in [0.4, 0.5) is 5.69 Å². The summed E-state index contributed by atoms with van der Waals surface area (Å²) in [7, 11) is 0. The molecule has 0 unspecified atom stereocenters. The smallest absolute Gasteiger partial charge is 0.190 e. The van der Waals surface area contributed by atoms with Crippen LogP contribution in [-0.2, 0) is 0 Å². The van der Waals surface area contributed by atoms with Crippen molar-refractivity contribution in [1.82, 2.24) is 9.97 Å². The summed E-state index contributed by atoms with van der Waals surface area (Å²) in [5.41, 5.74) is 10.7. The number of nitriles is 1. The number of aromatic nitrogens is 2. The number of hydrogen-bond acceptors (Lipinski definition) is 4. The Kier molecular flexibility index (Phi) is 5.82. The van der Waals surface area contributed by atoms with E-state index in [0.717, 1.165) is 66.7 Å². The van der Waals surface area contributed by atoms with Gasteiger partial charge in [-0.3, -0.25) is 9.97 Å². The van der Waals surface area contributed by atoms with Gasteiger partial charge in [0.25, 0.3) is 0 Å². The molecule has 3 aromatic heterocycles. The molecule has 0 N–H and O–H groups in total. The third kappa shape index (κ3) is 4.48. The van der Waals surface area contributed by atoms with E-state index in [1.54, 1.807) is 36.7 Å². The van der Waals surface area contributed by atoms with Crippen LogP contribution in [0.25, 0.3) is 71.6 Å². The van der Waals surface area contributed by atoms with Crippen LogP contribution in [0.15, 0.2) is 126 Å². The third-order valence-corrected chi connectivity index (χ3v) is 7.26. The van der Waals surface area contributed by atoms with Gasteiger partial charge in [-0.1, -0.05) is 60.7 Å². The third-order valence-electron chi connectivity index (χ3n) is 7.26. The Labute approximate surface area is 236 Å². The molecule has 0 aliphatic heterocycles. The van der Waals surface area contributed by atoms with Crippen LogP contribution < -0.4 is 0 Å². The van der Waals surface area contributed by atoms with Crippen LogP contribution in [0, 0.1) is 17.9 Å². The minimum Gasteiger partial charge on any atom is -0.456 e. The molecule has 4 aromatic carbocycles. The number of hydrogen-bond donors (Lipinski definition) is 0. The number of benzene rings is 4. The van der Waals surface area contributed by atoms with E-state index in [1.165, 1.54) is 0 Å². The zero-order chi connectivity index (χ0) is 27.8. The fourth-order valence-corrected chi connectivity index (χ4v) is 5.11. The molecule has 0 bridgehead atoms. The zero-order valence-electron chi connectivity index (χ0n) is 21.7. The van der Waals surface area contributed by atoms with Gasteiger partial charge < -0.3 is 4.42 Å². The first-order valence-electron chi connectivity index (χ1n) is 13.1. The summed E-state index contributed by atoms with van der Waals surface area (Å²) in [6.45, 7) is 7.25. The molecule has 0 spiro atoms. The van der Waals surface area contributed by atoms with Crippen molar-refractivity contribution in [2.45, 2.75) is 0 Å². The molecule has 0 saturated heterocycles. The van der Waals surface area contributed by atoms with E-state index in [9.17, 15) is 5.26 Å². The normalized spacial score (nSPS) is 10.9. The second-order valence-corrected chi connectivity index (χ2v) is 9.73. The minimum absolute atomic E-state index is 0.578. The van der Waals surface area contributed by atoms with E-state index >= 15 is 0 Å². The molecular formula is C36H20N4O. The van der Waals surface area contributed by atoms with Crippen LogP contribution in [0.2, 0.25) is 0 Å². The summed E-state index contributed by atoms with van der Waals surface area (Å²) in [6, 6.07) is 38.2. The standard InChI is InChI=1S/C36H20N4O/c1-38-30-15-17-40-34(21-30)27-8-4-25(5-9-27)29-11-13-36-32(20-29)31-19-28(10-12-35(31)41-36)24-2-6-26(7-3-24)33-18-23(22-37)14-16-39-33/h2-21H. The molecule has 41 heavy (non-hydrogen) atoms. The molecule has 0 atom stereocenters. The summed E-state index contributed by atoms with van der Waals surface area (Å²) >= 11 is 0. The Balaban J connectivity index is 1.22. The molecule has 7 aromatic rings. The quantitative estimate of drug-likeness (QED) is 0.215. The molecule has 0 fully saturated rings. The zero-order valence-corrected chi connectivity index (χ0v) is 21.7. The molecule has 5 heteroatoms. The van der Waals surface area contributed by atoms with Gasteiger partial charge in [0, 0.05) is 28.7 Å². The summed E-state index contributed by atoms with van der Waals surface area (Å²) < 4.78 is 6.16. The first-order chi connectivity index (χ1) is 20.2. The second-order valence-electron chi connectivity index (χ2n) is 9.73. The lowest BCUT2D eigenvalue weighted by atomic mass is 9.98. The topological polar surface area (TPSA) is 67.1 Å². The highest BCUT2D eigenvalue weighted by molar-refractivity contribution is 6.07. The molecule has 0 saturated carbocycles. The van der Waals surface area contributed by atoms with Crippen LogP contribution in [0.1, 0.15) is 5.56 Å². The van der Waals surface area contributed by atoms with Crippen molar-refractivity contribution >= 4 is 27.6 Å². The first-order valence-corrected chi connectivity index (χ1v) is 13.1. The van der Waals surface area contributed by atoms with Crippen LogP contribution >= 0.6 is 0 Å². The van der Waals surface area contributed by atoms with Gasteiger partial charge in [0.2, 0.25) is 0 Å². The summed E-state index contributed by atoms with van der Waals surface area (Å²) in [5, 5.41) is 11.3. The average Bonchev–Trinajstić information content (AvgIpc) is 3.42. The van der Waals surface area contributed by atoms with Crippen molar-refractivity contribution in [2.75, 3.05) is 0 Å². The second kappa shape index (κ2) is 9.93. The van der Waals surface area contributed by atoms with Gasteiger partial charge in [0.15, 0.2) is 5.69 Å². The van der Waals surface area contributed by atoms with Crippen molar-refractivity contribution < 1.29 is 4.42 Å². The number of nitrogens with zero attached hydrogens (tertiary/aromatic N) is 4. The Morgan fingerprint density at radius 3 is 1.59 bits per heavy atom. The van der Waals surface area contributed by atoms with Gasteiger partial charge in [-0.15, -0.1) is 0 Å². The van der Waals surface area contributed by atoms with Crippen molar-refractivity contribution in [3.63, 3.8) is 0 Å². The highest BCUT2D eigenvalue weighted by Crippen LogP contribution is 2.36. The molecule has 5 nitrogen and oxygen atoms in total. The monoisotopic (exact) mass is 524 g/mol. The maximum Gasteiger partial charge on any atom is 0.190 e. The van der Waals surface area contributed by atoms with Gasteiger partial charge in [0.05, 0.1) is 29.6 Å². The maximum atomic E-state index is 9.20. The number of rotatable bonds is 4. The van der Waals surface area contributed by atoms with E-state index < -0.39 is 0 Å². The Hall–Kier alpha value is -6.04. The van der Waals surface area contributed by atoms with Gasteiger partial charge >= 0.3 is 0 Å². The fraction of sp³-hybridized carbons (Fsp3) is 0. The summed E-state index contributed by atoms with van der Waals surface area (Å²) in [6.07, 6.45) is 3.33. The predicted molar refractivity (Wildman–Crippen MR) is 162 cm³/mol. The predicted octanol–water partition coefficient (Wildman–Crippen LogP) is 9.47. The molecule has 0 aliphatic carbocycles. The lowest BCUT2D eigenvalue weighted by molar-refractivity contribution is 0.669. The van der Waals surface area contributed by atoms with E-state index in [-0.39, 0.29) is 0 Å². The lowest BCUT2D eigenvalue weighted by Gasteiger charge is -2.06. The van der Waals surface area contributed by atoms with Gasteiger partial charge in [-0.25, -0.2) is 4.85 Å². The SMILES string of the molecule is [C-]#[N+]c1ccnc(-c2ccc(-c3ccc4oc5ccc(-c6ccc(-c7cc(C#N)ccn7)cc6)cc5c4c3)cc2)c1. The van der Waals surface area contributed by atoms with E-state index in [0.29, 0.717) is 11.3 Å². The van der Waals surface area contributed by atoms with Crippen molar-refractivity contribution in [3.05, 3.63) is 139 Å². The Bertz CT molecular complexity index is 2010. The van der Waals surface area contributed by atoms with Crippen molar-refractivity contribution in [3.8, 4) is 50.8 Å². The van der Waals surface area contributed by atoms with Gasteiger partial charge in [-0.05, 0) is 76.3 Å². The Morgan fingerprint density at radius 1 is 0.561 bits per heavy atom. The average molecular weight is 525 g/mol. The van der Waals surface area contributed by atoms with Crippen LogP contribution in [-0.4, -0.2) is 9.97 Å². The fourth-order valence-electron chi connectivity index (χ4n) is 5.11. The summed E-state index contributed by atoms with van der Waals surface area (Å²) in [4.78, 5) is 12.3. The van der Waals surface area contributed by atoms with E-state index in [2.05, 4.69) is 69.4 Å². The minimum atomic E-state index is 0.578. The highest BCUT2D eigenvalue weighted by atomic mass is 16.3. The van der Waals surface area contributed by atoms with Crippen molar-refractivity contribution in [1.29, 1.82) is 5.26 Å². The summed E-state index contributed by atoms with van der Waals surface area (Å²) in [5.74, 6) is 0. The maximum absolute atomic E-state index is 9.20. The molecule has 0 aliphatic rings. The van der Waals surface area contributed by atoms with Gasteiger partial charge in [0.1, 0.15) is 11.2 Å². The molecule has 3 heterocycles. The van der Waals surface area contributed by atoms with E-state index in [1.807, 2.05) is 36.4 Å². The Morgan fingerprint density at radius 2 is 1.05 bits per heavy atom. The largest absolute Gasteiger partial charge is 0.456 e. The molecule has 0 amide bonds.